The van der Waals surface area contributed by atoms with Crippen LogP contribution in [0.4, 0.5) is 5.69 Å². The molecule has 3 aromatic rings. The minimum absolute atomic E-state index is 0.161. The molecule has 1 aliphatic rings. The van der Waals surface area contributed by atoms with Gasteiger partial charge in [0.1, 0.15) is 12.1 Å². The molecule has 2 aromatic heterocycles. The molecule has 0 fully saturated rings. The summed E-state index contributed by atoms with van der Waals surface area (Å²) >= 11 is 0. The molecular formula is C24H32N6O2. The van der Waals surface area contributed by atoms with Crippen LogP contribution in [0, 0.1) is 5.92 Å². The van der Waals surface area contributed by atoms with Gasteiger partial charge in [-0.1, -0.05) is 26.0 Å². The Hall–Kier alpha value is -3.13. The molecule has 8 nitrogen and oxygen atoms in total. The lowest BCUT2D eigenvalue weighted by atomic mass is 10.0. The standard InChI is InChI=1S/C24H32N6O2/c1-17(2)22(25-24(31)19-10-14-32-16-19)23-27-26-21-9-11-29(12-13-30(21)23)15-18-5-7-20(8-6-18)28(3)4/h5-8,10,14,16-17,22H,9,11-13,15H2,1-4H3,(H,25,31). The Labute approximate surface area is 189 Å². The summed E-state index contributed by atoms with van der Waals surface area (Å²) in [4.78, 5) is 17.2. The van der Waals surface area contributed by atoms with Crippen LogP contribution in [0.25, 0.3) is 0 Å². The van der Waals surface area contributed by atoms with Crippen molar-refractivity contribution in [3.63, 3.8) is 0 Å². The number of rotatable bonds is 7. The maximum absolute atomic E-state index is 12.6. The quantitative estimate of drug-likeness (QED) is 0.613. The molecule has 1 N–H and O–H groups in total. The van der Waals surface area contributed by atoms with Gasteiger partial charge in [0.2, 0.25) is 0 Å². The summed E-state index contributed by atoms with van der Waals surface area (Å²) in [7, 11) is 4.11. The van der Waals surface area contributed by atoms with E-state index < -0.39 is 0 Å². The Bertz CT molecular complexity index is 1020. The number of carbonyl (C=O) groups is 1. The van der Waals surface area contributed by atoms with Crippen molar-refractivity contribution in [2.75, 3.05) is 32.1 Å². The van der Waals surface area contributed by atoms with Crippen molar-refractivity contribution >= 4 is 11.6 Å². The summed E-state index contributed by atoms with van der Waals surface area (Å²) < 4.78 is 7.24. The fourth-order valence-electron chi connectivity index (χ4n) is 4.08. The molecule has 0 aliphatic carbocycles. The van der Waals surface area contributed by atoms with E-state index in [-0.39, 0.29) is 17.9 Å². The van der Waals surface area contributed by atoms with Gasteiger partial charge in [0.05, 0.1) is 17.9 Å². The Morgan fingerprint density at radius 1 is 1.12 bits per heavy atom. The van der Waals surface area contributed by atoms with Crippen molar-refractivity contribution in [1.82, 2.24) is 25.0 Å². The van der Waals surface area contributed by atoms with Gasteiger partial charge in [-0.05, 0) is 29.7 Å². The van der Waals surface area contributed by atoms with Crippen LogP contribution in [-0.2, 0) is 19.5 Å². The third-order valence-electron chi connectivity index (χ3n) is 6.02. The number of carbonyl (C=O) groups excluding carboxylic acids is 1. The van der Waals surface area contributed by atoms with Gasteiger partial charge in [-0.3, -0.25) is 9.69 Å². The maximum Gasteiger partial charge on any atom is 0.255 e. The second-order valence-corrected chi connectivity index (χ2v) is 8.92. The van der Waals surface area contributed by atoms with Crippen LogP contribution >= 0.6 is 0 Å². The van der Waals surface area contributed by atoms with E-state index >= 15 is 0 Å². The topological polar surface area (TPSA) is 79.4 Å². The summed E-state index contributed by atoms with van der Waals surface area (Å²) in [5.41, 5.74) is 3.02. The molecule has 0 saturated heterocycles. The normalized spacial score (nSPS) is 15.3. The Kier molecular flexibility index (Phi) is 6.60. The molecule has 1 unspecified atom stereocenters. The summed E-state index contributed by atoms with van der Waals surface area (Å²) in [6.45, 7) is 7.73. The van der Waals surface area contributed by atoms with E-state index in [1.807, 2.05) is 0 Å². The lowest BCUT2D eigenvalue weighted by Gasteiger charge is -2.23. The third kappa shape index (κ3) is 4.85. The van der Waals surface area contributed by atoms with Crippen LogP contribution in [0.3, 0.4) is 0 Å². The number of hydrogen-bond donors (Lipinski definition) is 1. The van der Waals surface area contributed by atoms with E-state index in [0.29, 0.717) is 5.56 Å². The molecule has 1 aromatic carbocycles. The highest BCUT2D eigenvalue weighted by atomic mass is 16.3. The molecule has 3 heterocycles. The molecule has 170 valence electrons. The number of amides is 1. The van der Waals surface area contributed by atoms with Crippen molar-refractivity contribution in [3.8, 4) is 0 Å². The fourth-order valence-corrected chi connectivity index (χ4v) is 4.08. The zero-order valence-corrected chi connectivity index (χ0v) is 19.3. The van der Waals surface area contributed by atoms with Crippen LogP contribution in [-0.4, -0.2) is 52.8 Å². The van der Waals surface area contributed by atoms with Gasteiger partial charge in [0, 0.05) is 52.4 Å². The molecule has 32 heavy (non-hydrogen) atoms. The Morgan fingerprint density at radius 2 is 1.91 bits per heavy atom. The van der Waals surface area contributed by atoms with E-state index in [1.165, 1.54) is 23.8 Å². The third-order valence-corrected chi connectivity index (χ3v) is 6.02. The first-order valence-electron chi connectivity index (χ1n) is 11.2. The smallest absolute Gasteiger partial charge is 0.255 e. The molecule has 4 rings (SSSR count). The first kappa shape index (κ1) is 22.1. The Balaban J connectivity index is 1.45. The van der Waals surface area contributed by atoms with Crippen molar-refractivity contribution in [3.05, 3.63) is 65.6 Å². The first-order chi connectivity index (χ1) is 15.4. The molecule has 0 bridgehead atoms. The highest BCUT2D eigenvalue weighted by molar-refractivity contribution is 5.94. The predicted molar refractivity (Wildman–Crippen MR) is 124 cm³/mol. The minimum atomic E-state index is -0.219. The van der Waals surface area contributed by atoms with Crippen LogP contribution in [0.5, 0.6) is 0 Å². The van der Waals surface area contributed by atoms with Crippen molar-refractivity contribution in [2.24, 2.45) is 5.92 Å². The van der Waals surface area contributed by atoms with Crippen molar-refractivity contribution in [1.29, 1.82) is 0 Å². The molecule has 1 atom stereocenters. The summed E-state index contributed by atoms with van der Waals surface area (Å²) in [5, 5.41) is 12.1. The molecule has 8 heteroatoms. The lowest BCUT2D eigenvalue weighted by molar-refractivity contribution is 0.0921. The number of hydrogen-bond acceptors (Lipinski definition) is 6. The van der Waals surface area contributed by atoms with Crippen LogP contribution in [0.15, 0.2) is 47.3 Å². The van der Waals surface area contributed by atoms with Gasteiger partial charge in [-0.25, -0.2) is 0 Å². The number of anilines is 1. The van der Waals surface area contributed by atoms with Gasteiger partial charge in [0.15, 0.2) is 5.82 Å². The predicted octanol–water partition coefficient (Wildman–Crippen LogP) is 3.12. The largest absolute Gasteiger partial charge is 0.472 e. The number of aromatic nitrogens is 3. The zero-order chi connectivity index (χ0) is 22.7. The first-order valence-corrected chi connectivity index (χ1v) is 11.2. The van der Waals surface area contributed by atoms with Crippen molar-refractivity contribution < 1.29 is 9.21 Å². The monoisotopic (exact) mass is 436 g/mol. The van der Waals surface area contributed by atoms with E-state index in [0.717, 1.165) is 44.2 Å². The number of fused-ring (bicyclic) bond motifs is 1. The SMILES string of the molecule is CC(C)C(NC(=O)c1ccoc1)c1nnc2n1CCN(Cc1ccc(N(C)C)cc1)CC2. The van der Waals surface area contributed by atoms with E-state index in [4.69, 9.17) is 4.42 Å². The minimum Gasteiger partial charge on any atom is -0.472 e. The van der Waals surface area contributed by atoms with Gasteiger partial charge in [-0.15, -0.1) is 10.2 Å². The fraction of sp³-hybridized carbons (Fsp3) is 0.458. The second-order valence-electron chi connectivity index (χ2n) is 8.92. The van der Waals surface area contributed by atoms with E-state index in [9.17, 15) is 4.79 Å². The highest BCUT2D eigenvalue weighted by Gasteiger charge is 2.28. The van der Waals surface area contributed by atoms with E-state index in [1.54, 1.807) is 6.07 Å². The number of nitrogens with one attached hydrogen (secondary N) is 1. The van der Waals surface area contributed by atoms with Crippen LogP contribution < -0.4 is 10.2 Å². The highest BCUT2D eigenvalue weighted by Crippen LogP contribution is 2.24. The van der Waals surface area contributed by atoms with Gasteiger partial charge in [-0.2, -0.15) is 0 Å². The number of furan rings is 1. The lowest BCUT2D eigenvalue weighted by Crippen LogP contribution is -2.34. The molecular weight excluding hydrogens is 404 g/mol. The molecule has 1 amide bonds. The number of benzene rings is 1. The van der Waals surface area contributed by atoms with Crippen LogP contribution in [0.2, 0.25) is 0 Å². The number of nitrogens with zero attached hydrogens (tertiary/aromatic N) is 5. The maximum atomic E-state index is 12.6. The second kappa shape index (κ2) is 9.56. The zero-order valence-electron chi connectivity index (χ0n) is 19.3. The van der Waals surface area contributed by atoms with Crippen molar-refractivity contribution in [2.45, 2.75) is 39.4 Å². The average molecular weight is 437 g/mol. The molecule has 0 spiro atoms. The molecule has 1 aliphatic heterocycles. The summed E-state index contributed by atoms with van der Waals surface area (Å²) in [6, 6.07) is 10.2. The summed E-state index contributed by atoms with van der Waals surface area (Å²) in [5.74, 6) is 1.82. The van der Waals surface area contributed by atoms with Crippen LogP contribution in [0.1, 0.15) is 47.5 Å². The Morgan fingerprint density at radius 3 is 2.56 bits per heavy atom. The van der Waals surface area contributed by atoms with Gasteiger partial charge < -0.3 is 19.2 Å². The average Bonchev–Trinajstić information content (AvgIpc) is 3.40. The summed E-state index contributed by atoms with van der Waals surface area (Å²) in [6.07, 6.45) is 3.80. The van der Waals surface area contributed by atoms with E-state index in [2.05, 4.69) is 82.1 Å². The molecule has 0 saturated carbocycles. The molecule has 0 radical (unpaired) electrons. The van der Waals surface area contributed by atoms with Gasteiger partial charge in [0.25, 0.3) is 5.91 Å². The van der Waals surface area contributed by atoms with Gasteiger partial charge >= 0.3 is 0 Å².